The van der Waals surface area contributed by atoms with Crippen LogP contribution in [-0.4, -0.2) is 53.1 Å². The molecular weight excluding hydrogens is 572 g/mol. The van der Waals surface area contributed by atoms with Crippen LogP contribution in [0.15, 0.2) is 84.9 Å². The zero-order valence-corrected chi connectivity index (χ0v) is 23.6. The van der Waals surface area contributed by atoms with Crippen LogP contribution in [0.5, 0.6) is 0 Å². The highest BCUT2D eigenvalue weighted by Gasteiger charge is 2.49. The van der Waals surface area contributed by atoms with Crippen molar-refractivity contribution < 1.29 is 29.0 Å². The van der Waals surface area contributed by atoms with Crippen molar-refractivity contribution in [2.24, 2.45) is 0 Å². The molecule has 1 spiro atoms. The summed E-state index contributed by atoms with van der Waals surface area (Å²) in [6.07, 6.45) is -1.23. The molecule has 0 radical (unpaired) electrons. The van der Waals surface area contributed by atoms with Crippen LogP contribution in [0.3, 0.4) is 0 Å². The first-order chi connectivity index (χ1) is 20.7. The normalized spacial score (nSPS) is 18.0. The van der Waals surface area contributed by atoms with Crippen molar-refractivity contribution in [1.29, 1.82) is 0 Å². The van der Waals surface area contributed by atoms with Gasteiger partial charge in [0.2, 0.25) is 5.91 Å². The van der Waals surface area contributed by atoms with Crippen molar-refractivity contribution in [3.8, 4) is 0 Å². The Balaban J connectivity index is 1.27. The fourth-order valence-electron chi connectivity index (χ4n) is 5.74. The monoisotopic (exact) mass is 598 g/mol. The van der Waals surface area contributed by atoms with Crippen LogP contribution in [0.4, 0.5) is 21.0 Å². The van der Waals surface area contributed by atoms with Gasteiger partial charge in [-0.15, -0.1) is 0 Å². The first-order valence-electron chi connectivity index (χ1n) is 13.7. The van der Waals surface area contributed by atoms with Crippen molar-refractivity contribution in [3.05, 3.63) is 107 Å². The lowest BCUT2D eigenvalue weighted by atomic mass is 9.90. The molecule has 4 aromatic carbocycles. The van der Waals surface area contributed by atoms with E-state index in [1.54, 1.807) is 23.1 Å². The van der Waals surface area contributed by atoms with E-state index in [0.717, 1.165) is 16.3 Å². The van der Waals surface area contributed by atoms with Gasteiger partial charge in [-0.2, -0.15) is 0 Å². The molecule has 2 aliphatic heterocycles. The topological polar surface area (TPSA) is 137 Å². The van der Waals surface area contributed by atoms with Crippen molar-refractivity contribution in [2.75, 3.05) is 23.7 Å². The van der Waals surface area contributed by atoms with Crippen molar-refractivity contribution >= 4 is 57.7 Å². The number of halogens is 1. The highest BCUT2D eigenvalue weighted by molar-refractivity contribution is 6.30. The molecule has 1 fully saturated rings. The Bertz CT molecular complexity index is 1760. The van der Waals surface area contributed by atoms with E-state index < -0.39 is 29.7 Å². The van der Waals surface area contributed by atoms with Crippen LogP contribution in [0.1, 0.15) is 27.9 Å². The molecule has 4 N–H and O–H groups in total. The first-order valence-corrected chi connectivity index (χ1v) is 14.0. The van der Waals surface area contributed by atoms with Crippen LogP contribution >= 0.6 is 11.6 Å². The molecule has 0 aromatic heterocycles. The number of hydrogen-bond acceptors (Lipinski definition) is 5. The summed E-state index contributed by atoms with van der Waals surface area (Å²) < 4.78 is 5.79. The number of rotatable bonds is 6. The van der Waals surface area contributed by atoms with E-state index in [0.29, 0.717) is 34.9 Å². The number of benzene rings is 4. The van der Waals surface area contributed by atoms with Gasteiger partial charge < -0.3 is 20.1 Å². The van der Waals surface area contributed by atoms with E-state index in [9.17, 15) is 19.2 Å². The largest absolute Gasteiger partial charge is 0.465 e. The van der Waals surface area contributed by atoms with E-state index >= 15 is 0 Å². The maximum Gasteiger partial charge on any atom is 0.412 e. The van der Waals surface area contributed by atoms with Crippen molar-refractivity contribution in [1.82, 2.24) is 10.2 Å². The molecule has 0 bridgehead atoms. The number of hydrogen-bond donors (Lipinski definition) is 4. The minimum absolute atomic E-state index is 0.103. The highest BCUT2D eigenvalue weighted by Crippen LogP contribution is 2.44. The molecule has 4 amide bonds. The van der Waals surface area contributed by atoms with E-state index in [-0.39, 0.29) is 24.4 Å². The smallest absolute Gasteiger partial charge is 0.412 e. The van der Waals surface area contributed by atoms with Crippen LogP contribution < -0.4 is 16.0 Å². The van der Waals surface area contributed by atoms with Crippen LogP contribution in [0.25, 0.3) is 10.8 Å². The predicted molar refractivity (Wildman–Crippen MR) is 161 cm³/mol. The molecule has 2 aliphatic rings. The van der Waals surface area contributed by atoms with Gasteiger partial charge >= 0.3 is 12.2 Å². The SMILES string of the molecule is O=C(O)Nc1ccc(C(=O)NC(Cc2ccc3ccccc3c2)C(=O)N2CCC3(C2)OC(=O)Nc2ccc(Cl)cc23)cc1. The van der Waals surface area contributed by atoms with Crippen molar-refractivity contribution in [3.63, 3.8) is 0 Å². The lowest BCUT2D eigenvalue weighted by Gasteiger charge is -2.35. The maximum absolute atomic E-state index is 14.1. The van der Waals surface area contributed by atoms with Crippen LogP contribution in [-0.2, 0) is 21.6 Å². The number of anilines is 2. The molecule has 1 saturated heterocycles. The summed E-state index contributed by atoms with van der Waals surface area (Å²) in [7, 11) is 0. The van der Waals surface area contributed by atoms with E-state index in [4.69, 9.17) is 21.4 Å². The van der Waals surface area contributed by atoms with E-state index in [2.05, 4.69) is 16.0 Å². The van der Waals surface area contributed by atoms with Crippen LogP contribution in [0.2, 0.25) is 5.02 Å². The lowest BCUT2D eigenvalue weighted by Crippen LogP contribution is -2.50. The minimum Gasteiger partial charge on any atom is -0.465 e. The van der Waals surface area contributed by atoms with E-state index in [1.165, 1.54) is 24.3 Å². The van der Waals surface area contributed by atoms with Gasteiger partial charge in [0.25, 0.3) is 5.91 Å². The van der Waals surface area contributed by atoms with Crippen molar-refractivity contribution in [2.45, 2.75) is 24.5 Å². The summed E-state index contributed by atoms with van der Waals surface area (Å²) >= 11 is 6.28. The molecule has 43 heavy (non-hydrogen) atoms. The average molecular weight is 599 g/mol. The third-order valence-corrected chi connectivity index (χ3v) is 8.03. The summed E-state index contributed by atoms with van der Waals surface area (Å²) in [4.78, 5) is 52.4. The standard InChI is InChI=1S/C32H27ClN4O6/c33-23-9-12-26-25(17-23)32(43-31(42)36-26)13-14-37(18-32)29(39)27(16-19-5-6-20-3-1-2-4-22(20)15-19)35-28(38)21-7-10-24(11-8-21)34-30(40)41/h1-12,15,17,27,34H,13-14,16,18H2,(H,35,38)(H,36,42)(H,40,41). The third kappa shape index (κ3) is 5.82. The van der Waals surface area contributed by atoms with Gasteiger partial charge in [-0.1, -0.05) is 54.1 Å². The fourth-order valence-corrected chi connectivity index (χ4v) is 5.91. The number of carbonyl (C=O) groups excluding carboxylic acids is 3. The number of ether oxygens (including phenoxy) is 1. The van der Waals surface area contributed by atoms with Crippen LogP contribution in [0, 0.1) is 0 Å². The molecule has 10 nitrogen and oxygen atoms in total. The fraction of sp³-hybridized carbons (Fsp3) is 0.188. The van der Waals surface area contributed by atoms with Gasteiger partial charge in [-0.3, -0.25) is 20.2 Å². The quantitative estimate of drug-likeness (QED) is 0.228. The second kappa shape index (κ2) is 11.3. The number of nitrogens with zero attached hydrogens (tertiary/aromatic N) is 1. The van der Waals surface area contributed by atoms with Gasteiger partial charge in [0.1, 0.15) is 6.04 Å². The number of nitrogens with one attached hydrogen (secondary N) is 3. The zero-order valence-electron chi connectivity index (χ0n) is 22.8. The molecule has 218 valence electrons. The number of likely N-dealkylation sites (tertiary alicyclic amines) is 1. The Labute approximate surface area is 251 Å². The number of carbonyl (C=O) groups is 4. The summed E-state index contributed by atoms with van der Waals surface area (Å²) in [5.41, 5.74) is 1.64. The maximum atomic E-state index is 14.1. The third-order valence-electron chi connectivity index (χ3n) is 7.80. The van der Waals surface area contributed by atoms with Gasteiger partial charge in [-0.25, -0.2) is 9.59 Å². The predicted octanol–water partition coefficient (Wildman–Crippen LogP) is 5.61. The molecule has 2 heterocycles. The minimum atomic E-state index is -1.22. The lowest BCUT2D eigenvalue weighted by molar-refractivity contribution is -0.133. The Morgan fingerprint density at radius 3 is 2.53 bits per heavy atom. The molecule has 2 atom stereocenters. The molecule has 0 saturated carbocycles. The Morgan fingerprint density at radius 2 is 1.77 bits per heavy atom. The molecule has 11 heteroatoms. The van der Waals surface area contributed by atoms with Gasteiger partial charge in [-0.05, 0) is 58.8 Å². The summed E-state index contributed by atoms with van der Waals surface area (Å²) in [6.45, 7) is 0.407. The van der Waals surface area contributed by atoms with Gasteiger partial charge in [0, 0.05) is 41.2 Å². The molecular formula is C32H27ClN4O6. The molecule has 4 aromatic rings. The number of carboxylic acid groups (broad SMARTS) is 1. The Kier molecular flexibility index (Phi) is 7.37. The Hall–Kier alpha value is -5.09. The summed E-state index contributed by atoms with van der Waals surface area (Å²) in [5.74, 6) is -0.805. The summed E-state index contributed by atoms with van der Waals surface area (Å²) in [5, 5.41) is 19.3. The van der Waals surface area contributed by atoms with E-state index in [1.807, 2.05) is 42.5 Å². The van der Waals surface area contributed by atoms with Gasteiger partial charge in [0.05, 0.1) is 12.2 Å². The number of amides is 4. The average Bonchev–Trinajstić information content (AvgIpc) is 3.41. The highest BCUT2D eigenvalue weighted by atomic mass is 35.5. The zero-order chi connectivity index (χ0) is 30.1. The molecule has 6 rings (SSSR count). The van der Waals surface area contributed by atoms with Gasteiger partial charge in [0.15, 0.2) is 5.60 Å². The second-order valence-corrected chi connectivity index (χ2v) is 11.1. The molecule has 0 aliphatic carbocycles. The second-order valence-electron chi connectivity index (χ2n) is 10.6. The summed E-state index contributed by atoms with van der Waals surface area (Å²) in [6, 6.07) is 23.9. The number of fused-ring (bicyclic) bond motifs is 3. The first kappa shape index (κ1) is 28.0. The molecule has 2 unspecified atom stereocenters. The Morgan fingerprint density at radius 1 is 1.00 bits per heavy atom.